The van der Waals surface area contributed by atoms with E-state index in [2.05, 4.69) is 17.1 Å². The molecule has 0 saturated heterocycles. The number of rotatable bonds is 6. The van der Waals surface area contributed by atoms with E-state index in [1.54, 1.807) is 0 Å². The van der Waals surface area contributed by atoms with Crippen LogP contribution in [0.25, 0.3) is 0 Å². The molecule has 0 unspecified atom stereocenters. The third-order valence-electron chi connectivity index (χ3n) is 2.85. The number of nitrogens with zero attached hydrogens (tertiary/aromatic N) is 2. The number of aromatic nitrogens is 2. The molecular formula is C14H19N3O. The first-order valence-corrected chi connectivity index (χ1v) is 6.41. The summed E-state index contributed by atoms with van der Waals surface area (Å²) in [5.74, 6) is 1.29. The standard InChI is InChI=1S/C14H19N3O/c1-2-3-9-13-16-14(18-17-13)12(15)10-11-7-5-4-6-8-11/h4-8,12H,2-3,9-10,15H2,1H3/t12-/m1/s1. The Labute approximate surface area is 107 Å². The quantitative estimate of drug-likeness (QED) is 0.849. The molecule has 0 aliphatic heterocycles. The molecule has 18 heavy (non-hydrogen) atoms. The van der Waals surface area contributed by atoms with E-state index in [0.717, 1.165) is 31.5 Å². The summed E-state index contributed by atoms with van der Waals surface area (Å²) >= 11 is 0. The van der Waals surface area contributed by atoms with Crippen molar-refractivity contribution in [2.45, 2.75) is 38.6 Å². The minimum atomic E-state index is -0.227. The summed E-state index contributed by atoms with van der Waals surface area (Å²) in [7, 11) is 0. The fraction of sp³-hybridized carbons (Fsp3) is 0.429. The van der Waals surface area contributed by atoms with Crippen LogP contribution in [0.3, 0.4) is 0 Å². The lowest BCUT2D eigenvalue weighted by atomic mass is 10.1. The number of hydrogen-bond acceptors (Lipinski definition) is 4. The van der Waals surface area contributed by atoms with Gasteiger partial charge in [0.05, 0.1) is 6.04 Å². The first-order valence-electron chi connectivity index (χ1n) is 6.41. The number of nitrogens with two attached hydrogens (primary N) is 1. The van der Waals surface area contributed by atoms with Crippen LogP contribution in [0, 0.1) is 0 Å². The van der Waals surface area contributed by atoms with Gasteiger partial charge in [-0.2, -0.15) is 4.98 Å². The fourth-order valence-corrected chi connectivity index (χ4v) is 1.81. The molecule has 1 aromatic heterocycles. The molecule has 1 heterocycles. The van der Waals surface area contributed by atoms with Crippen LogP contribution in [-0.2, 0) is 12.8 Å². The maximum absolute atomic E-state index is 6.07. The van der Waals surface area contributed by atoms with Gasteiger partial charge in [0.1, 0.15) is 0 Å². The van der Waals surface area contributed by atoms with Gasteiger partial charge in [-0.1, -0.05) is 48.8 Å². The highest BCUT2D eigenvalue weighted by Gasteiger charge is 2.14. The summed E-state index contributed by atoms with van der Waals surface area (Å²) in [6.07, 6.45) is 3.78. The maximum Gasteiger partial charge on any atom is 0.243 e. The van der Waals surface area contributed by atoms with Gasteiger partial charge in [0.15, 0.2) is 5.82 Å². The zero-order valence-electron chi connectivity index (χ0n) is 10.7. The molecule has 0 aliphatic carbocycles. The highest BCUT2D eigenvalue weighted by molar-refractivity contribution is 5.16. The Morgan fingerprint density at radius 2 is 2.06 bits per heavy atom. The van der Waals surface area contributed by atoms with E-state index in [-0.39, 0.29) is 6.04 Å². The predicted molar refractivity (Wildman–Crippen MR) is 70.0 cm³/mol. The van der Waals surface area contributed by atoms with Crippen molar-refractivity contribution in [2.24, 2.45) is 5.73 Å². The zero-order chi connectivity index (χ0) is 12.8. The van der Waals surface area contributed by atoms with Gasteiger partial charge in [-0.25, -0.2) is 0 Å². The minimum Gasteiger partial charge on any atom is -0.338 e. The first-order chi connectivity index (χ1) is 8.79. The molecular weight excluding hydrogens is 226 g/mol. The van der Waals surface area contributed by atoms with Crippen molar-refractivity contribution in [3.05, 3.63) is 47.6 Å². The average molecular weight is 245 g/mol. The summed E-state index contributed by atoms with van der Waals surface area (Å²) < 4.78 is 5.21. The smallest absolute Gasteiger partial charge is 0.243 e. The third kappa shape index (κ3) is 3.40. The minimum absolute atomic E-state index is 0.227. The van der Waals surface area contributed by atoms with Gasteiger partial charge < -0.3 is 10.3 Å². The first kappa shape index (κ1) is 12.8. The van der Waals surface area contributed by atoms with Crippen LogP contribution in [0.4, 0.5) is 0 Å². The molecule has 0 amide bonds. The predicted octanol–water partition coefficient (Wildman–Crippen LogP) is 2.65. The van der Waals surface area contributed by atoms with Crippen LogP contribution >= 0.6 is 0 Å². The van der Waals surface area contributed by atoms with Crippen molar-refractivity contribution in [1.82, 2.24) is 10.1 Å². The van der Waals surface area contributed by atoms with Gasteiger partial charge in [0.25, 0.3) is 0 Å². The molecule has 0 bridgehead atoms. The van der Waals surface area contributed by atoms with Crippen molar-refractivity contribution in [3.63, 3.8) is 0 Å². The second-order valence-corrected chi connectivity index (χ2v) is 4.45. The average Bonchev–Trinajstić information content (AvgIpc) is 2.86. The number of benzene rings is 1. The maximum atomic E-state index is 6.07. The molecule has 0 aliphatic rings. The van der Waals surface area contributed by atoms with E-state index >= 15 is 0 Å². The molecule has 0 fully saturated rings. The highest BCUT2D eigenvalue weighted by atomic mass is 16.5. The lowest BCUT2D eigenvalue weighted by molar-refractivity contribution is 0.350. The van der Waals surface area contributed by atoms with Gasteiger partial charge in [-0.3, -0.25) is 0 Å². The second kappa shape index (κ2) is 6.31. The van der Waals surface area contributed by atoms with Crippen molar-refractivity contribution < 1.29 is 4.52 Å². The fourth-order valence-electron chi connectivity index (χ4n) is 1.81. The van der Waals surface area contributed by atoms with Crippen LogP contribution in [0.2, 0.25) is 0 Å². The van der Waals surface area contributed by atoms with Gasteiger partial charge >= 0.3 is 0 Å². The Hall–Kier alpha value is -1.68. The van der Waals surface area contributed by atoms with E-state index in [1.807, 2.05) is 30.3 Å². The van der Waals surface area contributed by atoms with E-state index in [0.29, 0.717) is 5.89 Å². The number of aryl methyl sites for hydroxylation is 1. The second-order valence-electron chi connectivity index (χ2n) is 4.45. The highest BCUT2D eigenvalue weighted by Crippen LogP contribution is 2.14. The monoisotopic (exact) mass is 245 g/mol. The van der Waals surface area contributed by atoms with Gasteiger partial charge in [0.2, 0.25) is 5.89 Å². The van der Waals surface area contributed by atoms with Crippen molar-refractivity contribution >= 4 is 0 Å². The van der Waals surface area contributed by atoms with Crippen molar-refractivity contribution in [2.75, 3.05) is 0 Å². The summed E-state index contributed by atoms with van der Waals surface area (Å²) in [6, 6.07) is 9.87. The molecule has 2 rings (SSSR count). The third-order valence-corrected chi connectivity index (χ3v) is 2.85. The lowest BCUT2D eigenvalue weighted by Crippen LogP contribution is -2.13. The summed E-state index contributed by atoms with van der Waals surface area (Å²) in [6.45, 7) is 2.14. The Morgan fingerprint density at radius 3 is 2.78 bits per heavy atom. The van der Waals surface area contributed by atoms with Gasteiger partial charge in [-0.15, -0.1) is 0 Å². The summed E-state index contributed by atoms with van der Waals surface area (Å²) in [5.41, 5.74) is 7.25. The van der Waals surface area contributed by atoms with Crippen LogP contribution in [0.1, 0.15) is 43.1 Å². The molecule has 2 aromatic rings. The molecule has 0 spiro atoms. The summed E-state index contributed by atoms with van der Waals surface area (Å²) in [4.78, 5) is 4.34. The molecule has 0 radical (unpaired) electrons. The molecule has 2 N–H and O–H groups in total. The number of unbranched alkanes of at least 4 members (excludes halogenated alkanes) is 1. The van der Waals surface area contributed by atoms with E-state index in [1.165, 1.54) is 5.56 Å². The van der Waals surface area contributed by atoms with Crippen LogP contribution < -0.4 is 5.73 Å². The topological polar surface area (TPSA) is 64.9 Å². The Balaban J connectivity index is 1.96. The Morgan fingerprint density at radius 1 is 1.28 bits per heavy atom. The van der Waals surface area contributed by atoms with Crippen molar-refractivity contribution in [3.8, 4) is 0 Å². The zero-order valence-corrected chi connectivity index (χ0v) is 10.7. The Bertz CT molecular complexity index is 467. The largest absolute Gasteiger partial charge is 0.338 e. The molecule has 1 aromatic carbocycles. The Kier molecular flexibility index (Phi) is 4.47. The SMILES string of the molecule is CCCCc1noc([C@H](N)Cc2ccccc2)n1. The van der Waals surface area contributed by atoms with Crippen LogP contribution in [-0.4, -0.2) is 10.1 Å². The summed E-state index contributed by atoms with van der Waals surface area (Å²) in [5, 5.41) is 3.95. The van der Waals surface area contributed by atoms with E-state index < -0.39 is 0 Å². The lowest BCUT2D eigenvalue weighted by Gasteiger charge is -2.05. The van der Waals surface area contributed by atoms with Gasteiger partial charge in [-0.05, 0) is 18.4 Å². The molecule has 0 saturated carbocycles. The van der Waals surface area contributed by atoms with Crippen LogP contribution in [0.5, 0.6) is 0 Å². The van der Waals surface area contributed by atoms with E-state index in [9.17, 15) is 0 Å². The molecule has 4 heteroatoms. The van der Waals surface area contributed by atoms with E-state index in [4.69, 9.17) is 10.3 Å². The molecule has 96 valence electrons. The molecule has 4 nitrogen and oxygen atoms in total. The normalized spacial score (nSPS) is 12.6. The van der Waals surface area contributed by atoms with Crippen LogP contribution in [0.15, 0.2) is 34.9 Å². The number of hydrogen-bond donors (Lipinski definition) is 1. The van der Waals surface area contributed by atoms with Crippen molar-refractivity contribution in [1.29, 1.82) is 0 Å². The van der Waals surface area contributed by atoms with Gasteiger partial charge in [0, 0.05) is 6.42 Å². The molecule has 1 atom stereocenters.